The van der Waals surface area contributed by atoms with E-state index in [-0.39, 0.29) is 12.0 Å². The van der Waals surface area contributed by atoms with Crippen molar-refractivity contribution in [1.29, 1.82) is 0 Å². The highest BCUT2D eigenvalue weighted by Gasteiger charge is 2.07. The fourth-order valence-corrected chi connectivity index (χ4v) is 1.91. The Balaban J connectivity index is 1.98. The number of carbonyl (C=O) groups excluding carboxylic acids is 1. The van der Waals surface area contributed by atoms with Gasteiger partial charge in [0.15, 0.2) is 0 Å². The Bertz CT molecular complexity index is 582. The third-order valence-electron chi connectivity index (χ3n) is 3.07. The Morgan fingerprint density at radius 3 is 2.48 bits per heavy atom. The van der Waals surface area contributed by atoms with E-state index in [0.717, 1.165) is 11.1 Å². The molecule has 0 bridgehead atoms. The maximum absolute atomic E-state index is 12.0. The van der Waals surface area contributed by atoms with Crippen LogP contribution in [0.4, 0.5) is 0 Å². The lowest BCUT2D eigenvalue weighted by Gasteiger charge is -2.13. The SMILES string of the molecule is CC(C)OCc1ccccc1CNC(=O)c1ccncc1. The summed E-state index contributed by atoms with van der Waals surface area (Å²) in [6.45, 7) is 5.05. The molecule has 2 rings (SSSR count). The molecule has 4 nitrogen and oxygen atoms in total. The second-order valence-electron chi connectivity index (χ2n) is 5.05. The van der Waals surface area contributed by atoms with E-state index in [1.54, 1.807) is 24.5 Å². The number of ether oxygens (including phenoxy) is 1. The summed E-state index contributed by atoms with van der Waals surface area (Å²) in [5.41, 5.74) is 2.78. The van der Waals surface area contributed by atoms with Crippen LogP contribution in [0.3, 0.4) is 0 Å². The summed E-state index contributed by atoms with van der Waals surface area (Å²) in [6.07, 6.45) is 3.41. The molecule has 0 aliphatic heterocycles. The summed E-state index contributed by atoms with van der Waals surface area (Å²) >= 11 is 0. The van der Waals surface area contributed by atoms with Gasteiger partial charge < -0.3 is 10.1 Å². The molecular formula is C17H20N2O2. The molecule has 2 aromatic rings. The maximum atomic E-state index is 12.0. The Morgan fingerprint density at radius 2 is 1.81 bits per heavy atom. The number of nitrogens with one attached hydrogen (secondary N) is 1. The fraction of sp³-hybridized carbons (Fsp3) is 0.294. The van der Waals surface area contributed by atoms with Gasteiger partial charge in [0.05, 0.1) is 12.7 Å². The third kappa shape index (κ3) is 4.68. The van der Waals surface area contributed by atoms with E-state index in [2.05, 4.69) is 10.3 Å². The van der Waals surface area contributed by atoms with Crippen molar-refractivity contribution in [3.8, 4) is 0 Å². The molecule has 0 aliphatic rings. The van der Waals surface area contributed by atoms with Gasteiger partial charge in [-0.05, 0) is 37.1 Å². The second kappa shape index (κ2) is 7.55. The smallest absolute Gasteiger partial charge is 0.251 e. The number of nitrogens with zero attached hydrogens (tertiary/aromatic N) is 1. The quantitative estimate of drug-likeness (QED) is 0.887. The summed E-state index contributed by atoms with van der Waals surface area (Å²) in [4.78, 5) is 15.9. The lowest BCUT2D eigenvalue weighted by atomic mass is 10.1. The Labute approximate surface area is 125 Å². The van der Waals surface area contributed by atoms with Crippen molar-refractivity contribution in [3.63, 3.8) is 0 Å². The minimum absolute atomic E-state index is 0.100. The molecule has 1 aromatic carbocycles. The number of hydrogen-bond acceptors (Lipinski definition) is 3. The molecule has 0 unspecified atom stereocenters. The molecule has 0 saturated heterocycles. The molecule has 0 radical (unpaired) electrons. The van der Waals surface area contributed by atoms with Crippen LogP contribution in [0, 0.1) is 0 Å². The van der Waals surface area contributed by atoms with Crippen molar-refractivity contribution in [3.05, 3.63) is 65.5 Å². The lowest BCUT2D eigenvalue weighted by molar-refractivity contribution is 0.0651. The molecule has 0 saturated carbocycles. The first-order valence-electron chi connectivity index (χ1n) is 7.03. The van der Waals surface area contributed by atoms with Crippen molar-refractivity contribution in [2.75, 3.05) is 0 Å². The zero-order valence-corrected chi connectivity index (χ0v) is 12.4. The molecule has 1 N–H and O–H groups in total. The van der Waals surface area contributed by atoms with Gasteiger partial charge in [0, 0.05) is 24.5 Å². The summed E-state index contributed by atoms with van der Waals surface area (Å²) in [6, 6.07) is 11.4. The molecule has 4 heteroatoms. The molecular weight excluding hydrogens is 264 g/mol. The second-order valence-corrected chi connectivity index (χ2v) is 5.05. The Kier molecular flexibility index (Phi) is 5.46. The van der Waals surface area contributed by atoms with Gasteiger partial charge in [0.1, 0.15) is 0 Å². The van der Waals surface area contributed by atoms with E-state index < -0.39 is 0 Å². The van der Waals surface area contributed by atoms with Gasteiger partial charge in [-0.25, -0.2) is 0 Å². The highest BCUT2D eigenvalue weighted by atomic mass is 16.5. The number of amides is 1. The predicted octanol–water partition coefficient (Wildman–Crippen LogP) is 2.94. The average molecular weight is 284 g/mol. The van der Waals surface area contributed by atoms with Crippen molar-refractivity contribution in [2.45, 2.75) is 33.1 Å². The molecule has 0 aliphatic carbocycles. The van der Waals surface area contributed by atoms with Gasteiger partial charge in [-0.1, -0.05) is 24.3 Å². The average Bonchev–Trinajstić information content (AvgIpc) is 2.52. The van der Waals surface area contributed by atoms with Crippen molar-refractivity contribution in [1.82, 2.24) is 10.3 Å². The first-order valence-corrected chi connectivity index (χ1v) is 7.03. The van der Waals surface area contributed by atoms with Crippen LogP contribution in [0.1, 0.15) is 35.3 Å². The Hall–Kier alpha value is -2.20. The van der Waals surface area contributed by atoms with Gasteiger partial charge >= 0.3 is 0 Å². The summed E-state index contributed by atoms with van der Waals surface area (Å²) in [7, 11) is 0. The lowest BCUT2D eigenvalue weighted by Crippen LogP contribution is -2.23. The first-order chi connectivity index (χ1) is 10.2. The van der Waals surface area contributed by atoms with Crippen LogP contribution in [0.2, 0.25) is 0 Å². The van der Waals surface area contributed by atoms with Crippen LogP contribution < -0.4 is 5.32 Å². The Morgan fingerprint density at radius 1 is 1.14 bits per heavy atom. The standard InChI is InChI=1S/C17H20N2O2/c1-13(2)21-12-16-6-4-3-5-15(16)11-19-17(20)14-7-9-18-10-8-14/h3-10,13H,11-12H2,1-2H3,(H,19,20). The van der Waals surface area contributed by atoms with Gasteiger partial charge in [0.2, 0.25) is 0 Å². The molecule has 0 fully saturated rings. The zero-order valence-electron chi connectivity index (χ0n) is 12.4. The monoisotopic (exact) mass is 284 g/mol. The van der Waals surface area contributed by atoms with Crippen LogP contribution >= 0.6 is 0 Å². The van der Waals surface area contributed by atoms with Gasteiger partial charge in [-0.15, -0.1) is 0 Å². The van der Waals surface area contributed by atoms with Crippen LogP contribution in [0.15, 0.2) is 48.8 Å². The summed E-state index contributed by atoms with van der Waals surface area (Å²) < 4.78 is 5.64. The van der Waals surface area contributed by atoms with Crippen LogP contribution in [-0.2, 0) is 17.9 Å². The minimum atomic E-state index is -0.100. The summed E-state index contributed by atoms with van der Waals surface area (Å²) in [5.74, 6) is -0.100. The van der Waals surface area contributed by atoms with Crippen molar-refractivity contribution in [2.24, 2.45) is 0 Å². The number of rotatable bonds is 6. The van der Waals surface area contributed by atoms with Crippen molar-refractivity contribution >= 4 is 5.91 Å². The van der Waals surface area contributed by atoms with Crippen LogP contribution in [0.25, 0.3) is 0 Å². The molecule has 0 spiro atoms. The number of aromatic nitrogens is 1. The highest BCUT2D eigenvalue weighted by molar-refractivity contribution is 5.93. The highest BCUT2D eigenvalue weighted by Crippen LogP contribution is 2.11. The third-order valence-corrected chi connectivity index (χ3v) is 3.07. The molecule has 110 valence electrons. The minimum Gasteiger partial charge on any atom is -0.374 e. The van der Waals surface area contributed by atoms with Crippen LogP contribution in [0.5, 0.6) is 0 Å². The number of carbonyl (C=O) groups is 1. The van der Waals surface area contributed by atoms with E-state index in [4.69, 9.17) is 4.74 Å². The molecule has 1 heterocycles. The van der Waals surface area contributed by atoms with E-state index in [1.165, 1.54) is 0 Å². The number of hydrogen-bond donors (Lipinski definition) is 1. The number of benzene rings is 1. The van der Waals surface area contributed by atoms with E-state index in [1.807, 2.05) is 38.1 Å². The van der Waals surface area contributed by atoms with Gasteiger partial charge in [0.25, 0.3) is 5.91 Å². The van der Waals surface area contributed by atoms with E-state index in [9.17, 15) is 4.79 Å². The molecule has 0 atom stereocenters. The normalized spacial score (nSPS) is 10.6. The first kappa shape index (κ1) is 15.2. The predicted molar refractivity (Wildman–Crippen MR) is 81.8 cm³/mol. The number of pyridine rings is 1. The van der Waals surface area contributed by atoms with E-state index >= 15 is 0 Å². The summed E-state index contributed by atoms with van der Waals surface area (Å²) in [5, 5.41) is 2.92. The van der Waals surface area contributed by atoms with Crippen LogP contribution in [-0.4, -0.2) is 17.0 Å². The van der Waals surface area contributed by atoms with Gasteiger partial charge in [-0.3, -0.25) is 9.78 Å². The molecule has 21 heavy (non-hydrogen) atoms. The maximum Gasteiger partial charge on any atom is 0.251 e. The van der Waals surface area contributed by atoms with Gasteiger partial charge in [-0.2, -0.15) is 0 Å². The largest absolute Gasteiger partial charge is 0.374 e. The topological polar surface area (TPSA) is 51.2 Å². The zero-order chi connectivity index (χ0) is 15.1. The molecule has 1 aromatic heterocycles. The van der Waals surface area contributed by atoms with E-state index in [0.29, 0.717) is 18.7 Å². The molecule has 1 amide bonds. The van der Waals surface area contributed by atoms with Crippen molar-refractivity contribution < 1.29 is 9.53 Å². The fourth-order valence-electron chi connectivity index (χ4n) is 1.91.